The van der Waals surface area contributed by atoms with E-state index in [2.05, 4.69) is 11.9 Å². The normalized spacial score (nSPS) is 11.1. The van der Waals surface area contributed by atoms with Crippen LogP contribution >= 0.6 is 11.3 Å². The molecule has 0 bridgehead atoms. The molecule has 3 aromatic rings. The van der Waals surface area contributed by atoms with Crippen LogP contribution in [0, 0.1) is 6.92 Å². The Hall–Kier alpha value is -2.47. The first-order valence-electron chi connectivity index (χ1n) is 9.88. The molecule has 0 radical (unpaired) electrons. The van der Waals surface area contributed by atoms with Crippen molar-refractivity contribution in [3.8, 4) is 11.1 Å². The second-order valence-electron chi connectivity index (χ2n) is 6.90. The SMILES string of the molecule is CCCCN(CC)C(=O)CCn1cnc2sc(C)c(-c3ccccc3)c2c1=O. The van der Waals surface area contributed by atoms with Gasteiger partial charge >= 0.3 is 0 Å². The van der Waals surface area contributed by atoms with Crippen LogP contribution in [0.1, 0.15) is 38.0 Å². The largest absolute Gasteiger partial charge is 0.343 e. The molecule has 6 heteroatoms. The van der Waals surface area contributed by atoms with Gasteiger partial charge in [0.1, 0.15) is 4.83 Å². The molecule has 0 saturated heterocycles. The van der Waals surface area contributed by atoms with E-state index < -0.39 is 0 Å². The van der Waals surface area contributed by atoms with Crippen molar-refractivity contribution >= 4 is 27.5 Å². The average molecular weight is 398 g/mol. The average Bonchev–Trinajstić information content (AvgIpc) is 3.05. The molecule has 28 heavy (non-hydrogen) atoms. The van der Waals surface area contributed by atoms with Gasteiger partial charge in [-0.2, -0.15) is 0 Å². The molecule has 2 aromatic heterocycles. The summed E-state index contributed by atoms with van der Waals surface area (Å²) in [6.45, 7) is 7.97. The van der Waals surface area contributed by atoms with E-state index in [9.17, 15) is 9.59 Å². The maximum atomic E-state index is 13.2. The Bertz CT molecular complexity index is 1010. The van der Waals surface area contributed by atoms with Crippen molar-refractivity contribution in [1.29, 1.82) is 0 Å². The summed E-state index contributed by atoms with van der Waals surface area (Å²) in [4.78, 5) is 33.9. The fraction of sp³-hybridized carbons (Fsp3) is 0.409. The van der Waals surface area contributed by atoms with E-state index >= 15 is 0 Å². The van der Waals surface area contributed by atoms with E-state index in [-0.39, 0.29) is 11.5 Å². The Morgan fingerprint density at radius 2 is 1.96 bits per heavy atom. The molecule has 0 atom stereocenters. The molecule has 2 heterocycles. The summed E-state index contributed by atoms with van der Waals surface area (Å²) in [6, 6.07) is 9.94. The zero-order valence-electron chi connectivity index (χ0n) is 16.8. The predicted octanol–water partition coefficient (Wildman–Crippen LogP) is 4.47. The first-order chi connectivity index (χ1) is 13.6. The van der Waals surface area contributed by atoms with Crippen LogP contribution in [-0.2, 0) is 11.3 Å². The number of carbonyl (C=O) groups is 1. The zero-order chi connectivity index (χ0) is 20.1. The molecule has 0 aliphatic carbocycles. The number of aryl methyl sites for hydroxylation is 2. The van der Waals surface area contributed by atoms with Crippen LogP contribution in [0.15, 0.2) is 41.5 Å². The van der Waals surface area contributed by atoms with Gasteiger partial charge in [0, 0.05) is 36.5 Å². The molecular formula is C22H27N3O2S. The van der Waals surface area contributed by atoms with Crippen LogP contribution in [-0.4, -0.2) is 33.4 Å². The standard InChI is InChI=1S/C22H27N3O2S/c1-4-6-13-24(5-2)18(26)12-14-25-15-23-21-20(22(25)27)19(16(3)28-21)17-10-8-7-9-11-17/h7-11,15H,4-6,12-14H2,1-3H3. The third-order valence-electron chi connectivity index (χ3n) is 5.00. The van der Waals surface area contributed by atoms with E-state index in [1.165, 1.54) is 11.3 Å². The summed E-state index contributed by atoms with van der Waals surface area (Å²) >= 11 is 1.54. The second kappa shape index (κ2) is 9.15. The minimum absolute atomic E-state index is 0.0717. The van der Waals surface area contributed by atoms with Gasteiger partial charge in [-0.05, 0) is 25.8 Å². The number of carbonyl (C=O) groups excluding carboxylic acids is 1. The number of thiophene rings is 1. The highest BCUT2D eigenvalue weighted by Crippen LogP contribution is 2.35. The maximum absolute atomic E-state index is 13.2. The summed E-state index contributed by atoms with van der Waals surface area (Å²) in [6.07, 6.45) is 3.95. The Morgan fingerprint density at radius 1 is 1.21 bits per heavy atom. The highest BCUT2D eigenvalue weighted by molar-refractivity contribution is 7.19. The van der Waals surface area contributed by atoms with Gasteiger partial charge in [0.15, 0.2) is 0 Å². The van der Waals surface area contributed by atoms with Crippen LogP contribution in [0.5, 0.6) is 0 Å². The van der Waals surface area contributed by atoms with Crippen LogP contribution in [0.25, 0.3) is 21.3 Å². The van der Waals surface area contributed by atoms with E-state index in [1.807, 2.05) is 49.1 Å². The van der Waals surface area contributed by atoms with Gasteiger partial charge in [0.2, 0.25) is 5.91 Å². The third-order valence-corrected chi connectivity index (χ3v) is 6.01. The molecule has 0 aliphatic rings. The molecule has 1 amide bonds. The van der Waals surface area contributed by atoms with E-state index in [4.69, 9.17) is 0 Å². The monoisotopic (exact) mass is 397 g/mol. The molecule has 1 aromatic carbocycles. The minimum atomic E-state index is -0.0717. The number of hydrogen-bond donors (Lipinski definition) is 0. The third kappa shape index (κ3) is 4.17. The summed E-state index contributed by atoms with van der Waals surface area (Å²) in [7, 11) is 0. The highest BCUT2D eigenvalue weighted by atomic mass is 32.1. The fourth-order valence-corrected chi connectivity index (χ4v) is 4.43. The maximum Gasteiger partial charge on any atom is 0.262 e. The zero-order valence-corrected chi connectivity index (χ0v) is 17.6. The first-order valence-corrected chi connectivity index (χ1v) is 10.7. The Morgan fingerprint density at radius 3 is 2.64 bits per heavy atom. The molecule has 5 nitrogen and oxygen atoms in total. The predicted molar refractivity (Wildman–Crippen MR) is 116 cm³/mol. The molecule has 3 rings (SSSR count). The van der Waals surface area contributed by atoms with Crippen LogP contribution in [0.2, 0.25) is 0 Å². The van der Waals surface area contributed by atoms with E-state index in [0.717, 1.165) is 40.2 Å². The van der Waals surface area contributed by atoms with Gasteiger partial charge in [0.25, 0.3) is 5.56 Å². The summed E-state index contributed by atoms with van der Waals surface area (Å²) in [5.74, 6) is 0.0905. The summed E-state index contributed by atoms with van der Waals surface area (Å²) < 4.78 is 1.58. The van der Waals surface area contributed by atoms with Crippen molar-refractivity contribution < 1.29 is 4.79 Å². The van der Waals surface area contributed by atoms with Crippen LogP contribution in [0.4, 0.5) is 0 Å². The van der Waals surface area contributed by atoms with Crippen molar-refractivity contribution in [3.63, 3.8) is 0 Å². The molecule has 0 saturated carbocycles. The molecule has 0 fully saturated rings. The molecule has 0 spiro atoms. The van der Waals surface area contributed by atoms with Gasteiger partial charge in [-0.15, -0.1) is 11.3 Å². The van der Waals surface area contributed by atoms with Gasteiger partial charge < -0.3 is 4.90 Å². The lowest BCUT2D eigenvalue weighted by atomic mass is 10.0. The molecule has 148 valence electrons. The smallest absolute Gasteiger partial charge is 0.262 e. The number of nitrogens with zero attached hydrogens (tertiary/aromatic N) is 3. The van der Waals surface area contributed by atoms with Crippen molar-refractivity contribution in [1.82, 2.24) is 14.5 Å². The minimum Gasteiger partial charge on any atom is -0.343 e. The van der Waals surface area contributed by atoms with Crippen LogP contribution < -0.4 is 5.56 Å². The number of hydrogen-bond acceptors (Lipinski definition) is 4. The summed E-state index contributed by atoms with van der Waals surface area (Å²) in [5, 5.41) is 0.655. The molecule has 0 N–H and O–H groups in total. The number of unbranched alkanes of at least 4 members (excludes halogenated alkanes) is 1. The van der Waals surface area contributed by atoms with E-state index in [0.29, 0.717) is 24.9 Å². The Labute approximate surface area is 169 Å². The topological polar surface area (TPSA) is 55.2 Å². The van der Waals surface area contributed by atoms with E-state index in [1.54, 1.807) is 10.9 Å². The lowest BCUT2D eigenvalue weighted by molar-refractivity contribution is -0.131. The fourth-order valence-electron chi connectivity index (χ4n) is 3.43. The van der Waals surface area contributed by atoms with Gasteiger partial charge in [-0.25, -0.2) is 4.98 Å². The summed E-state index contributed by atoms with van der Waals surface area (Å²) in [5.41, 5.74) is 1.91. The first kappa shape index (κ1) is 20.3. The van der Waals surface area contributed by atoms with Crippen molar-refractivity contribution in [2.75, 3.05) is 13.1 Å². The number of fused-ring (bicyclic) bond motifs is 1. The lowest BCUT2D eigenvalue weighted by Gasteiger charge is -2.20. The van der Waals surface area contributed by atoms with Crippen molar-refractivity contribution in [2.24, 2.45) is 0 Å². The number of rotatable bonds is 8. The quantitative estimate of drug-likeness (QED) is 0.563. The molecular weight excluding hydrogens is 370 g/mol. The van der Waals surface area contributed by atoms with Gasteiger partial charge in [-0.1, -0.05) is 43.7 Å². The Balaban J connectivity index is 1.88. The lowest BCUT2D eigenvalue weighted by Crippen LogP contribution is -2.33. The van der Waals surface area contributed by atoms with Crippen LogP contribution in [0.3, 0.4) is 0 Å². The number of benzene rings is 1. The van der Waals surface area contributed by atoms with Crippen molar-refractivity contribution in [2.45, 2.75) is 46.6 Å². The number of amides is 1. The number of aromatic nitrogens is 2. The van der Waals surface area contributed by atoms with Gasteiger partial charge in [-0.3, -0.25) is 14.2 Å². The molecule has 0 unspecified atom stereocenters. The highest BCUT2D eigenvalue weighted by Gasteiger charge is 2.17. The second-order valence-corrected chi connectivity index (χ2v) is 8.10. The van der Waals surface area contributed by atoms with Gasteiger partial charge in [0.05, 0.1) is 11.7 Å². The van der Waals surface area contributed by atoms with Crippen molar-refractivity contribution in [3.05, 3.63) is 51.9 Å². The molecule has 0 aliphatic heterocycles. The Kier molecular flexibility index (Phi) is 6.62.